The van der Waals surface area contributed by atoms with Crippen LogP contribution in [0.5, 0.6) is 5.75 Å². The molecule has 1 aromatic rings. The van der Waals surface area contributed by atoms with Gasteiger partial charge >= 0.3 is 0 Å². The summed E-state index contributed by atoms with van der Waals surface area (Å²) < 4.78 is 28.3. The van der Waals surface area contributed by atoms with E-state index < -0.39 is 9.84 Å². The highest BCUT2D eigenvalue weighted by Gasteiger charge is 2.33. The number of benzene rings is 1. The highest BCUT2D eigenvalue weighted by molar-refractivity contribution is 7.91. The summed E-state index contributed by atoms with van der Waals surface area (Å²) in [7, 11) is 0.114. The van der Waals surface area contributed by atoms with Crippen LogP contribution in [-0.2, 0) is 26.0 Å². The molecule has 1 unspecified atom stereocenters. The van der Waals surface area contributed by atoms with Gasteiger partial charge in [-0.3, -0.25) is 9.59 Å². The van der Waals surface area contributed by atoms with Crippen molar-refractivity contribution < 1.29 is 22.7 Å². The van der Waals surface area contributed by atoms with Crippen molar-refractivity contribution >= 4 is 21.7 Å². The molecule has 0 saturated carbocycles. The Morgan fingerprint density at radius 1 is 1.24 bits per heavy atom. The molecule has 1 aromatic carbocycles. The fourth-order valence-corrected chi connectivity index (χ4v) is 4.56. The molecule has 25 heavy (non-hydrogen) atoms. The maximum atomic E-state index is 12.5. The molecule has 0 aromatic heterocycles. The van der Waals surface area contributed by atoms with Crippen LogP contribution >= 0.6 is 0 Å². The normalized spacial score (nSPS) is 18.6. The molecular weight excluding hydrogens is 344 g/mol. The van der Waals surface area contributed by atoms with Crippen LogP contribution in [0.1, 0.15) is 18.9 Å². The van der Waals surface area contributed by atoms with E-state index in [0.717, 1.165) is 11.3 Å². The molecule has 138 valence electrons. The van der Waals surface area contributed by atoms with Gasteiger partial charge < -0.3 is 14.5 Å². The quantitative estimate of drug-likeness (QED) is 0.738. The fraction of sp³-hybridized carbons (Fsp3) is 0.529. The smallest absolute Gasteiger partial charge is 0.242 e. The number of hydrogen-bond acceptors (Lipinski definition) is 5. The van der Waals surface area contributed by atoms with Crippen LogP contribution in [0.2, 0.25) is 0 Å². The first-order chi connectivity index (χ1) is 11.7. The number of sulfone groups is 1. The number of carbonyl (C=O) groups is 2. The van der Waals surface area contributed by atoms with E-state index in [0.29, 0.717) is 13.0 Å². The van der Waals surface area contributed by atoms with Crippen molar-refractivity contribution in [3.63, 3.8) is 0 Å². The van der Waals surface area contributed by atoms with E-state index in [4.69, 9.17) is 4.74 Å². The zero-order valence-electron chi connectivity index (χ0n) is 14.8. The van der Waals surface area contributed by atoms with Gasteiger partial charge in [0.1, 0.15) is 12.3 Å². The van der Waals surface area contributed by atoms with Gasteiger partial charge in [-0.15, -0.1) is 0 Å². The highest BCUT2D eigenvalue weighted by atomic mass is 32.2. The Morgan fingerprint density at radius 3 is 2.36 bits per heavy atom. The minimum absolute atomic E-state index is 0.00616. The maximum Gasteiger partial charge on any atom is 0.242 e. The number of methoxy groups -OCH3 is 1. The first kappa shape index (κ1) is 19.2. The number of likely N-dealkylation sites (N-methyl/N-ethyl adjacent to an activating group) is 1. The molecule has 0 N–H and O–H groups in total. The predicted octanol–water partition coefficient (Wildman–Crippen LogP) is 0.689. The van der Waals surface area contributed by atoms with Gasteiger partial charge in [0.15, 0.2) is 9.84 Å². The van der Waals surface area contributed by atoms with Crippen molar-refractivity contribution in [2.24, 2.45) is 0 Å². The molecular formula is C17H24N2O5S. The monoisotopic (exact) mass is 368 g/mol. The maximum absolute atomic E-state index is 12.5. The predicted molar refractivity (Wildman–Crippen MR) is 93.9 cm³/mol. The lowest BCUT2D eigenvalue weighted by Gasteiger charge is -2.27. The van der Waals surface area contributed by atoms with Crippen molar-refractivity contribution in [3.8, 4) is 5.75 Å². The Bertz CT molecular complexity index is 730. The van der Waals surface area contributed by atoms with Crippen molar-refractivity contribution in [1.29, 1.82) is 0 Å². The van der Waals surface area contributed by atoms with Crippen LogP contribution in [0, 0.1) is 0 Å². The van der Waals surface area contributed by atoms with Gasteiger partial charge in [-0.2, -0.15) is 0 Å². The Morgan fingerprint density at radius 2 is 1.88 bits per heavy atom. The molecule has 7 nitrogen and oxygen atoms in total. The molecule has 1 fully saturated rings. The summed E-state index contributed by atoms with van der Waals surface area (Å²) in [4.78, 5) is 27.3. The lowest BCUT2D eigenvalue weighted by Crippen LogP contribution is -2.44. The summed E-state index contributed by atoms with van der Waals surface area (Å²) >= 11 is 0. The highest BCUT2D eigenvalue weighted by Crippen LogP contribution is 2.17. The lowest BCUT2D eigenvalue weighted by atomic mass is 10.2. The third-order valence-electron chi connectivity index (χ3n) is 4.45. The van der Waals surface area contributed by atoms with Gasteiger partial charge in [0.25, 0.3) is 0 Å². The molecule has 1 heterocycles. The van der Waals surface area contributed by atoms with Crippen molar-refractivity contribution in [2.45, 2.75) is 25.9 Å². The summed E-state index contributed by atoms with van der Waals surface area (Å²) in [6.07, 6.45) is 0.448. The first-order valence-electron chi connectivity index (χ1n) is 8.06. The van der Waals surface area contributed by atoms with E-state index in [-0.39, 0.29) is 35.9 Å². The first-order valence-corrected chi connectivity index (χ1v) is 9.88. The SMILES string of the molecule is COc1ccc(CN(CC(=O)N(C)C2CCS(=O)(=O)C2)C(C)=O)cc1. The minimum Gasteiger partial charge on any atom is -0.497 e. The van der Waals surface area contributed by atoms with Crippen molar-refractivity contribution in [1.82, 2.24) is 9.80 Å². The Labute approximate surface area is 148 Å². The second-order valence-electron chi connectivity index (χ2n) is 6.28. The van der Waals surface area contributed by atoms with Crippen LogP contribution in [-0.4, -0.2) is 68.3 Å². The van der Waals surface area contributed by atoms with Gasteiger partial charge in [0, 0.05) is 26.6 Å². The van der Waals surface area contributed by atoms with Gasteiger partial charge in [0.05, 0.1) is 18.6 Å². The molecule has 2 amide bonds. The number of rotatable bonds is 6. The van der Waals surface area contributed by atoms with Gasteiger partial charge in [-0.25, -0.2) is 8.42 Å². The summed E-state index contributed by atoms with van der Waals surface area (Å²) in [6.45, 7) is 1.65. The summed E-state index contributed by atoms with van der Waals surface area (Å²) in [5.74, 6) is 0.351. The van der Waals surface area contributed by atoms with E-state index in [1.54, 1.807) is 26.3 Å². The van der Waals surface area contributed by atoms with E-state index in [1.165, 1.54) is 16.7 Å². The molecule has 1 atom stereocenters. The lowest BCUT2D eigenvalue weighted by molar-refractivity contribution is -0.140. The van der Waals surface area contributed by atoms with Crippen LogP contribution in [0.15, 0.2) is 24.3 Å². The molecule has 2 rings (SSSR count). The molecule has 1 aliphatic heterocycles. The molecule has 1 aliphatic rings. The number of ether oxygens (including phenoxy) is 1. The number of hydrogen-bond donors (Lipinski definition) is 0. The molecule has 0 aliphatic carbocycles. The topological polar surface area (TPSA) is 84.0 Å². The van der Waals surface area contributed by atoms with Crippen LogP contribution < -0.4 is 4.74 Å². The summed E-state index contributed by atoms with van der Waals surface area (Å²) in [6, 6.07) is 6.96. The minimum atomic E-state index is -3.06. The Balaban J connectivity index is 2.00. The number of carbonyl (C=O) groups excluding carboxylic acids is 2. The Kier molecular flexibility index (Phi) is 6.05. The molecule has 0 bridgehead atoms. The summed E-state index contributed by atoms with van der Waals surface area (Å²) in [5.41, 5.74) is 0.884. The number of nitrogens with zero attached hydrogens (tertiary/aromatic N) is 2. The van der Waals surface area contributed by atoms with Crippen molar-refractivity contribution in [2.75, 3.05) is 32.2 Å². The Hall–Kier alpha value is -2.09. The van der Waals surface area contributed by atoms with Gasteiger partial charge in [-0.1, -0.05) is 12.1 Å². The largest absolute Gasteiger partial charge is 0.497 e. The molecule has 1 saturated heterocycles. The van der Waals surface area contributed by atoms with E-state index >= 15 is 0 Å². The average Bonchev–Trinajstić information content (AvgIpc) is 2.93. The number of amides is 2. The van der Waals surface area contributed by atoms with Crippen LogP contribution in [0.3, 0.4) is 0 Å². The average molecular weight is 368 g/mol. The molecule has 8 heteroatoms. The van der Waals surface area contributed by atoms with E-state index in [2.05, 4.69) is 0 Å². The van der Waals surface area contributed by atoms with Crippen LogP contribution in [0.4, 0.5) is 0 Å². The van der Waals surface area contributed by atoms with Gasteiger partial charge in [-0.05, 0) is 24.1 Å². The zero-order valence-corrected chi connectivity index (χ0v) is 15.6. The summed E-state index contributed by atoms with van der Waals surface area (Å²) in [5, 5.41) is 0. The van der Waals surface area contributed by atoms with Crippen molar-refractivity contribution in [3.05, 3.63) is 29.8 Å². The standard InChI is InChI=1S/C17H24N2O5S/c1-13(20)19(10-14-4-6-16(24-3)7-5-14)11-17(21)18(2)15-8-9-25(22,23)12-15/h4-7,15H,8-12H2,1-3H3. The third kappa shape index (κ3) is 5.19. The van der Waals surface area contributed by atoms with Gasteiger partial charge in [0.2, 0.25) is 11.8 Å². The second-order valence-corrected chi connectivity index (χ2v) is 8.51. The van der Waals surface area contributed by atoms with E-state index in [1.807, 2.05) is 12.1 Å². The third-order valence-corrected chi connectivity index (χ3v) is 6.20. The molecule has 0 spiro atoms. The van der Waals surface area contributed by atoms with E-state index in [9.17, 15) is 18.0 Å². The second kappa shape index (κ2) is 7.86. The fourth-order valence-electron chi connectivity index (χ4n) is 2.79. The van der Waals surface area contributed by atoms with Crippen LogP contribution in [0.25, 0.3) is 0 Å². The zero-order chi connectivity index (χ0) is 18.6. The molecule has 0 radical (unpaired) electrons.